The predicted octanol–water partition coefficient (Wildman–Crippen LogP) is 2.39. The zero-order valence-electron chi connectivity index (χ0n) is 15.7. The van der Waals surface area contributed by atoms with Crippen molar-refractivity contribution in [3.05, 3.63) is 30.6 Å². The van der Waals surface area contributed by atoms with E-state index >= 15 is 0 Å². The van der Waals surface area contributed by atoms with Crippen LogP contribution in [0.1, 0.15) is 12.8 Å². The summed E-state index contributed by atoms with van der Waals surface area (Å²) < 4.78 is 49.9. The lowest BCUT2D eigenvalue weighted by Crippen LogP contribution is -2.46. The van der Waals surface area contributed by atoms with Crippen molar-refractivity contribution >= 4 is 6.09 Å². The lowest BCUT2D eigenvalue weighted by molar-refractivity contribution is -0.214. The zero-order chi connectivity index (χ0) is 21.0. The second kappa shape index (κ2) is 8.68. The number of alkyl halides is 3. The highest BCUT2D eigenvalue weighted by Gasteiger charge is 2.43. The third-order valence-corrected chi connectivity index (χ3v) is 4.61. The summed E-state index contributed by atoms with van der Waals surface area (Å²) in [6, 6.07) is 5.48. The van der Waals surface area contributed by atoms with E-state index in [1.807, 2.05) is 19.2 Å². The molecule has 1 aliphatic heterocycles. The van der Waals surface area contributed by atoms with Gasteiger partial charge in [-0.1, -0.05) is 0 Å². The topological polar surface area (TPSA) is 89.7 Å². The number of pyridine rings is 1. The van der Waals surface area contributed by atoms with Gasteiger partial charge in [0.05, 0.1) is 12.3 Å². The van der Waals surface area contributed by atoms with Crippen LogP contribution in [0.15, 0.2) is 30.6 Å². The van der Waals surface area contributed by atoms with E-state index in [-0.39, 0.29) is 19.2 Å². The number of halogens is 3. The number of rotatable bonds is 5. The highest BCUT2D eigenvalue weighted by molar-refractivity contribution is 5.68. The summed E-state index contributed by atoms with van der Waals surface area (Å²) in [6.07, 6.45) is -4.52. The van der Waals surface area contributed by atoms with Crippen molar-refractivity contribution in [3.63, 3.8) is 0 Å². The standard InChI is InChI=1S/C18H21F3N4O4/c1-24-14(3-7-23-24)12-2-6-22-16(10-12)28-13-4-8-25(9-5-13)17(27)29-15(11-26)18(19,20)21/h2-3,6-7,10,13,15,26H,4-5,8-9,11H2,1H3. The number of amides is 1. The Morgan fingerprint density at radius 3 is 2.62 bits per heavy atom. The molecule has 29 heavy (non-hydrogen) atoms. The number of aryl methyl sites for hydroxylation is 1. The number of ether oxygens (including phenoxy) is 2. The molecule has 1 N–H and O–H groups in total. The molecule has 3 heterocycles. The van der Waals surface area contributed by atoms with Crippen LogP contribution in [0.4, 0.5) is 18.0 Å². The molecule has 0 aliphatic carbocycles. The third-order valence-electron chi connectivity index (χ3n) is 4.61. The van der Waals surface area contributed by atoms with Gasteiger partial charge in [0.15, 0.2) is 0 Å². The van der Waals surface area contributed by atoms with E-state index in [0.29, 0.717) is 18.7 Å². The Kier molecular flexibility index (Phi) is 6.26. The molecule has 1 saturated heterocycles. The van der Waals surface area contributed by atoms with Crippen LogP contribution in [-0.2, 0) is 11.8 Å². The molecule has 1 unspecified atom stereocenters. The van der Waals surface area contributed by atoms with Crippen molar-refractivity contribution < 1.29 is 32.5 Å². The van der Waals surface area contributed by atoms with E-state index in [1.165, 1.54) is 4.90 Å². The van der Waals surface area contributed by atoms with Crippen LogP contribution < -0.4 is 4.74 Å². The molecule has 1 aliphatic rings. The molecule has 0 saturated carbocycles. The van der Waals surface area contributed by atoms with E-state index < -0.39 is 25.0 Å². The monoisotopic (exact) mass is 414 g/mol. The quantitative estimate of drug-likeness (QED) is 0.808. The molecular formula is C18H21F3N4O4. The second-order valence-corrected chi connectivity index (χ2v) is 6.62. The van der Waals surface area contributed by atoms with Gasteiger partial charge in [0, 0.05) is 57.0 Å². The first-order valence-electron chi connectivity index (χ1n) is 9.02. The molecule has 0 bridgehead atoms. The molecule has 158 valence electrons. The molecule has 1 fully saturated rings. The highest BCUT2D eigenvalue weighted by atomic mass is 19.4. The fourth-order valence-electron chi connectivity index (χ4n) is 3.02. The van der Waals surface area contributed by atoms with Gasteiger partial charge in [-0.2, -0.15) is 18.3 Å². The SMILES string of the molecule is Cn1nccc1-c1ccnc(OC2CCN(C(=O)OC(CO)C(F)(F)F)CC2)c1. The Bertz CT molecular complexity index is 835. The Morgan fingerprint density at radius 1 is 1.31 bits per heavy atom. The Morgan fingerprint density at radius 2 is 2.03 bits per heavy atom. The van der Waals surface area contributed by atoms with Crippen molar-refractivity contribution in [3.8, 4) is 17.1 Å². The number of carbonyl (C=O) groups is 1. The summed E-state index contributed by atoms with van der Waals surface area (Å²) in [5.41, 5.74) is 1.79. The molecule has 1 atom stereocenters. The molecule has 0 spiro atoms. The maximum atomic E-state index is 12.6. The van der Waals surface area contributed by atoms with Crippen molar-refractivity contribution in [1.29, 1.82) is 0 Å². The molecular weight excluding hydrogens is 393 g/mol. The third kappa shape index (κ3) is 5.17. The summed E-state index contributed by atoms with van der Waals surface area (Å²) in [5, 5.41) is 12.9. The maximum absolute atomic E-state index is 12.6. The normalized spacial score (nSPS) is 16.5. The van der Waals surface area contributed by atoms with Gasteiger partial charge in [-0.05, 0) is 12.1 Å². The van der Waals surface area contributed by atoms with Crippen LogP contribution in [0.5, 0.6) is 5.88 Å². The smallest absolute Gasteiger partial charge is 0.427 e. The van der Waals surface area contributed by atoms with Gasteiger partial charge in [0.2, 0.25) is 12.0 Å². The number of nitrogens with zero attached hydrogens (tertiary/aromatic N) is 4. The molecule has 1 amide bonds. The van der Waals surface area contributed by atoms with Gasteiger partial charge in [-0.15, -0.1) is 0 Å². The number of aliphatic hydroxyl groups is 1. The minimum atomic E-state index is -4.81. The predicted molar refractivity (Wildman–Crippen MR) is 95.1 cm³/mol. The van der Waals surface area contributed by atoms with Crippen molar-refractivity contribution in [1.82, 2.24) is 19.7 Å². The molecule has 0 radical (unpaired) electrons. The fraction of sp³-hybridized carbons (Fsp3) is 0.500. The number of likely N-dealkylation sites (tertiary alicyclic amines) is 1. The largest absolute Gasteiger partial charge is 0.474 e. The maximum Gasteiger partial charge on any atom is 0.427 e. The lowest BCUT2D eigenvalue weighted by Gasteiger charge is -2.32. The van der Waals surface area contributed by atoms with Crippen molar-refractivity contribution in [2.75, 3.05) is 19.7 Å². The first-order chi connectivity index (χ1) is 13.8. The number of piperidine rings is 1. The van der Waals surface area contributed by atoms with Gasteiger partial charge in [-0.3, -0.25) is 4.68 Å². The Balaban J connectivity index is 1.54. The van der Waals surface area contributed by atoms with Crippen molar-refractivity contribution in [2.45, 2.75) is 31.2 Å². The fourth-order valence-corrected chi connectivity index (χ4v) is 3.02. The first-order valence-corrected chi connectivity index (χ1v) is 9.02. The number of hydrogen-bond acceptors (Lipinski definition) is 6. The molecule has 11 heteroatoms. The van der Waals surface area contributed by atoms with Crippen LogP contribution in [0.2, 0.25) is 0 Å². The van der Waals surface area contributed by atoms with E-state index in [2.05, 4.69) is 14.8 Å². The minimum absolute atomic E-state index is 0.181. The van der Waals surface area contributed by atoms with Gasteiger partial charge >= 0.3 is 12.3 Å². The van der Waals surface area contributed by atoms with E-state index in [1.54, 1.807) is 23.1 Å². The number of aromatic nitrogens is 3. The zero-order valence-corrected chi connectivity index (χ0v) is 15.7. The number of carbonyl (C=O) groups excluding carboxylic acids is 1. The first kappa shape index (κ1) is 20.9. The second-order valence-electron chi connectivity index (χ2n) is 6.62. The minimum Gasteiger partial charge on any atom is -0.474 e. The molecule has 0 aromatic carbocycles. The lowest BCUT2D eigenvalue weighted by atomic mass is 10.1. The Labute approximate surface area is 164 Å². The molecule has 3 rings (SSSR count). The molecule has 2 aromatic heterocycles. The van der Waals surface area contributed by atoms with Crippen LogP contribution in [-0.4, -0.2) is 68.9 Å². The average Bonchev–Trinajstić information content (AvgIpc) is 3.11. The molecule has 8 nitrogen and oxygen atoms in total. The number of hydrogen-bond donors (Lipinski definition) is 1. The highest BCUT2D eigenvalue weighted by Crippen LogP contribution is 2.26. The summed E-state index contributed by atoms with van der Waals surface area (Å²) in [7, 11) is 1.82. The van der Waals surface area contributed by atoms with Gasteiger partial charge in [-0.25, -0.2) is 9.78 Å². The summed E-state index contributed by atoms with van der Waals surface area (Å²) in [5.74, 6) is 0.419. The van der Waals surface area contributed by atoms with Crippen molar-refractivity contribution in [2.24, 2.45) is 7.05 Å². The van der Waals surface area contributed by atoms with E-state index in [9.17, 15) is 18.0 Å². The summed E-state index contributed by atoms with van der Waals surface area (Å²) >= 11 is 0. The van der Waals surface area contributed by atoms with Crippen LogP contribution in [0.3, 0.4) is 0 Å². The van der Waals surface area contributed by atoms with Gasteiger partial charge in [0.1, 0.15) is 6.10 Å². The van der Waals surface area contributed by atoms with Crippen LogP contribution in [0, 0.1) is 0 Å². The Hall–Kier alpha value is -2.82. The van der Waals surface area contributed by atoms with Crippen LogP contribution in [0.25, 0.3) is 11.3 Å². The summed E-state index contributed by atoms with van der Waals surface area (Å²) in [4.78, 5) is 17.3. The molecule has 2 aromatic rings. The van der Waals surface area contributed by atoms with E-state index in [0.717, 1.165) is 11.3 Å². The number of aliphatic hydroxyl groups excluding tert-OH is 1. The van der Waals surface area contributed by atoms with Crippen LogP contribution >= 0.6 is 0 Å². The van der Waals surface area contributed by atoms with Gasteiger partial charge < -0.3 is 19.5 Å². The summed E-state index contributed by atoms with van der Waals surface area (Å²) in [6.45, 7) is -0.949. The average molecular weight is 414 g/mol. The van der Waals surface area contributed by atoms with E-state index in [4.69, 9.17) is 9.84 Å². The van der Waals surface area contributed by atoms with Gasteiger partial charge in [0.25, 0.3) is 0 Å².